The summed E-state index contributed by atoms with van der Waals surface area (Å²) in [4.78, 5) is 4.32. The maximum Gasteiger partial charge on any atom is 0.0948 e. The summed E-state index contributed by atoms with van der Waals surface area (Å²) in [7, 11) is 1.96. The fourth-order valence-electron chi connectivity index (χ4n) is 2.79. The van der Waals surface area contributed by atoms with Crippen molar-refractivity contribution in [1.29, 1.82) is 0 Å². The second-order valence-corrected chi connectivity index (χ2v) is 5.29. The molecule has 1 N–H and O–H groups in total. The topological polar surface area (TPSA) is 47.7 Å². The van der Waals surface area contributed by atoms with Crippen molar-refractivity contribution in [2.24, 2.45) is 7.05 Å². The Hall–Kier alpha value is -1.62. The van der Waals surface area contributed by atoms with Crippen LogP contribution in [0.2, 0.25) is 0 Å². The van der Waals surface area contributed by atoms with Crippen molar-refractivity contribution in [2.45, 2.75) is 31.7 Å². The van der Waals surface area contributed by atoms with Gasteiger partial charge in [0.1, 0.15) is 0 Å². The molecule has 1 unspecified atom stereocenters. The molecular formula is C14H21N5. The molecule has 0 radical (unpaired) electrons. The first-order chi connectivity index (χ1) is 9.33. The Bertz CT molecular complexity index is 521. The summed E-state index contributed by atoms with van der Waals surface area (Å²) in [6, 6.07) is 2.08. The van der Waals surface area contributed by atoms with Crippen LogP contribution in [-0.4, -0.2) is 32.4 Å². The third-order valence-electron chi connectivity index (χ3n) is 3.84. The van der Waals surface area contributed by atoms with Crippen LogP contribution in [-0.2, 0) is 20.0 Å². The number of aromatic nitrogens is 4. The lowest BCUT2D eigenvalue weighted by Crippen LogP contribution is -2.29. The van der Waals surface area contributed by atoms with Crippen molar-refractivity contribution < 1.29 is 0 Å². The van der Waals surface area contributed by atoms with E-state index >= 15 is 0 Å². The maximum atomic E-state index is 4.42. The lowest BCUT2D eigenvalue weighted by molar-refractivity contribution is 0.440. The van der Waals surface area contributed by atoms with Crippen LogP contribution < -0.4 is 5.32 Å². The van der Waals surface area contributed by atoms with Gasteiger partial charge in [0.2, 0.25) is 0 Å². The quantitative estimate of drug-likeness (QED) is 0.901. The van der Waals surface area contributed by atoms with Gasteiger partial charge in [-0.05, 0) is 25.5 Å². The molecule has 102 valence electrons. The smallest absolute Gasteiger partial charge is 0.0948 e. The number of aryl methyl sites for hydroxylation is 3. The normalized spacial score (nSPS) is 19.7. The zero-order chi connectivity index (χ0) is 13.1. The van der Waals surface area contributed by atoms with Gasteiger partial charge in [0, 0.05) is 50.6 Å². The van der Waals surface area contributed by atoms with Gasteiger partial charge in [-0.25, -0.2) is 4.98 Å². The van der Waals surface area contributed by atoms with Crippen molar-refractivity contribution in [3.8, 4) is 0 Å². The SMILES string of the molecule is Cn1ccc(CCn2cncc2C2CCCNC2)n1. The monoisotopic (exact) mass is 259 g/mol. The lowest BCUT2D eigenvalue weighted by Gasteiger charge is -2.23. The summed E-state index contributed by atoms with van der Waals surface area (Å²) in [5.74, 6) is 0.611. The van der Waals surface area contributed by atoms with Crippen molar-refractivity contribution in [3.63, 3.8) is 0 Å². The van der Waals surface area contributed by atoms with Crippen LogP contribution in [0.4, 0.5) is 0 Å². The minimum Gasteiger partial charge on any atom is -0.334 e. The molecule has 0 spiro atoms. The molecule has 0 bridgehead atoms. The molecule has 3 heterocycles. The van der Waals surface area contributed by atoms with Gasteiger partial charge in [-0.15, -0.1) is 0 Å². The Labute approximate surface area is 113 Å². The van der Waals surface area contributed by atoms with Crippen molar-refractivity contribution in [3.05, 3.63) is 36.2 Å². The molecule has 0 aromatic carbocycles. The van der Waals surface area contributed by atoms with Gasteiger partial charge in [0.25, 0.3) is 0 Å². The largest absolute Gasteiger partial charge is 0.334 e. The molecule has 1 atom stereocenters. The average Bonchev–Trinajstić information content (AvgIpc) is 3.06. The van der Waals surface area contributed by atoms with Crippen LogP contribution in [0.15, 0.2) is 24.8 Å². The van der Waals surface area contributed by atoms with Gasteiger partial charge in [-0.3, -0.25) is 4.68 Å². The molecule has 2 aromatic rings. The molecule has 5 heteroatoms. The minimum absolute atomic E-state index is 0.611. The van der Waals surface area contributed by atoms with E-state index in [9.17, 15) is 0 Å². The second kappa shape index (κ2) is 5.57. The van der Waals surface area contributed by atoms with E-state index in [1.165, 1.54) is 18.5 Å². The summed E-state index contributed by atoms with van der Waals surface area (Å²) < 4.78 is 4.14. The second-order valence-electron chi connectivity index (χ2n) is 5.29. The van der Waals surface area contributed by atoms with Gasteiger partial charge in [0.15, 0.2) is 0 Å². The lowest BCUT2D eigenvalue weighted by atomic mass is 9.96. The van der Waals surface area contributed by atoms with Gasteiger partial charge in [-0.2, -0.15) is 5.10 Å². The maximum absolute atomic E-state index is 4.42. The molecule has 1 aliphatic heterocycles. The highest BCUT2D eigenvalue weighted by Gasteiger charge is 2.18. The zero-order valence-corrected chi connectivity index (χ0v) is 11.4. The predicted molar refractivity (Wildman–Crippen MR) is 74.0 cm³/mol. The Morgan fingerprint density at radius 3 is 3.16 bits per heavy atom. The van der Waals surface area contributed by atoms with Gasteiger partial charge in [-0.1, -0.05) is 0 Å². The number of imidazole rings is 1. The van der Waals surface area contributed by atoms with E-state index in [1.54, 1.807) is 0 Å². The van der Waals surface area contributed by atoms with Crippen LogP contribution in [0.25, 0.3) is 0 Å². The van der Waals surface area contributed by atoms with E-state index in [4.69, 9.17) is 0 Å². The highest BCUT2D eigenvalue weighted by molar-refractivity contribution is 5.09. The Morgan fingerprint density at radius 2 is 2.42 bits per heavy atom. The van der Waals surface area contributed by atoms with E-state index < -0.39 is 0 Å². The molecule has 1 saturated heterocycles. The summed E-state index contributed by atoms with van der Waals surface area (Å²) in [5.41, 5.74) is 2.51. The molecule has 1 aliphatic rings. The number of nitrogens with zero attached hydrogens (tertiary/aromatic N) is 4. The molecule has 0 saturated carbocycles. The Balaban J connectivity index is 1.66. The van der Waals surface area contributed by atoms with Crippen molar-refractivity contribution >= 4 is 0 Å². The number of rotatable bonds is 4. The third-order valence-corrected chi connectivity index (χ3v) is 3.84. The molecule has 3 rings (SSSR count). The standard InChI is InChI=1S/C14H21N5/c1-18-7-4-13(17-18)5-8-19-11-16-10-14(19)12-3-2-6-15-9-12/h4,7,10-12,15H,2-3,5-6,8-9H2,1H3. The molecule has 1 fully saturated rings. The minimum atomic E-state index is 0.611. The van der Waals surface area contributed by atoms with Crippen LogP contribution in [0.5, 0.6) is 0 Å². The first-order valence-electron chi connectivity index (χ1n) is 7.02. The fraction of sp³-hybridized carbons (Fsp3) is 0.571. The summed E-state index contributed by atoms with van der Waals surface area (Å²) in [5, 5.41) is 7.89. The van der Waals surface area contributed by atoms with E-state index in [2.05, 4.69) is 26.0 Å². The highest BCUT2D eigenvalue weighted by atomic mass is 15.2. The van der Waals surface area contributed by atoms with Crippen LogP contribution in [0.1, 0.15) is 30.1 Å². The van der Waals surface area contributed by atoms with Gasteiger partial charge in [0.05, 0.1) is 12.0 Å². The van der Waals surface area contributed by atoms with E-state index in [1.807, 2.05) is 30.5 Å². The number of piperidine rings is 1. The number of nitrogens with one attached hydrogen (secondary N) is 1. The Kier molecular flexibility index (Phi) is 3.64. The van der Waals surface area contributed by atoms with E-state index in [0.29, 0.717) is 5.92 Å². The van der Waals surface area contributed by atoms with Gasteiger partial charge < -0.3 is 9.88 Å². The highest BCUT2D eigenvalue weighted by Crippen LogP contribution is 2.22. The number of hydrogen-bond donors (Lipinski definition) is 1. The zero-order valence-electron chi connectivity index (χ0n) is 11.4. The fourth-order valence-corrected chi connectivity index (χ4v) is 2.79. The first-order valence-corrected chi connectivity index (χ1v) is 7.02. The van der Waals surface area contributed by atoms with Gasteiger partial charge >= 0.3 is 0 Å². The summed E-state index contributed by atoms with van der Waals surface area (Å²) >= 11 is 0. The van der Waals surface area contributed by atoms with E-state index in [0.717, 1.165) is 31.7 Å². The Morgan fingerprint density at radius 1 is 1.47 bits per heavy atom. The average molecular weight is 259 g/mol. The van der Waals surface area contributed by atoms with E-state index in [-0.39, 0.29) is 0 Å². The summed E-state index contributed by atoms with van der Waals surface area (Å²) in [6.45, 7) is 3.19. The molecule has 0 aliphatic carbocycles. The molecule has 19 heavy (non-hydrogen) atoms. The van der Waals surface area contributed by atoms with Crippen LogP contribution in [0.3, 0.4) is 0 Å². The first kappa shape index (κ1) is 12.4. The molecular weight excluding hydrogens is 238 g/mol. The van der Waals surface area contributed by atoms with Crippen LogP contribution >= 0.6 is 0 Å². The van der Waals surface area contributed by atoms with Crippen molar-refractivity contribution in [1.82, 2.24) is 24.6 Å². The predicted octanol–water partition coefficient (Wildman–Crippen LogP) is 1.33. The molecule has 5 nitrogen and oxygen atoms in total. The molecule has 0 amide bonds. The van der Waals surface area contributed by atoms with Crippen LogP contribution in [0, 0.1) is 0 Å². The summed E-state index contributed by atoms with van der Waals surface area (Å²) in [6.07, 6.45) is 9.46. The number of hydrogen-bond acceptors (Lipinski definition) is 3. The van der Waals surface area contributed by atoms with Crippen molar-refractivity contribution in [2.75, 3.05) is 13.1 Å². The molecule has 2 aromatic heterocycles. The third kappa shape index (κ3) is 2.87.